The zero-order valence-electron chi connectivity index (χ0n) is 17.4. The van der Waals surface area contributed by atoms with E-state index >= 15 is 0 Å². The summed E-state index contributed by atoms with van der Waals surface area (Å²) in [4.78, 5) is 24.1. The van der Waals surface area contributed by atoms with Crippen LogP contribution in [-0.2, 0) is 30.8 Å². The number of nitrogens with one attached hydrogen (secondary N) is 2. The monoisotopic (exact) mass is 432 g/mol. The first kappa shape index (κ1) is 23.6. The highest BCUT2D eigenvalue weighted by Gasteiger charge is 2.23. The molecule has 0 aromatic heterocycles. The molecule has 0 radical (unpaired) electrons. The van der Waals surface area contributed by atoms with Crippen molar-refractivity contribution in [2.24, 2.45) is 0 Å². The molecule has 2 N–H and O–H groups in total. The summed E-state index contributed by atoms with van der Waals surface area (Å²) in [5.41, 5.74) is 2.10. The Kier molecular flexibility index (Phi) is 8.56. The Morgan fingerprint density at radius 3 is 2.27 bits per heavy atom. The van der Waals surface area contributed by atoms with E-state index in [2.05, 4.69) is 10.0 Å². The summed E-state index contributed by atoms with van der Waals surface area (Å²) in [6.07, 6.45) is 1.57. The maximum Gasteiger partial charge on any atom is 0.324 e. The second-order valence-electron chi connectivity index (χ2n) is 7.26. The quantitative estimate of drug-likeness (QED) is 0.561. The molecule has 7 nitrogen and oxygen atoms in total. The van der Waals surface area contributed by atoms with Gasteiger partial charge in [0.25, 0.3) is 5.91 Å². The van der Waals surface area contributed by atoms with Gasteiger partial charge in [-0.15, -0.1) is 0 Å². The maximum atomic E-state index is 12.3. The standard InChI is InChI=1S/C22H28N2O5S/c1-16-9-13-20(14-10-16)30(27,28)24-18(3)22(26)29-15-21(25)23-17(2)11-12-19-7-5-4-6-8-19/h4-10,13-14,17-18,24H,11-12,15H2,1-3H3,(H,23,25)/t17?,18-/m0/s1. The molecule has 0 bridgehead atoms. The van der Waals surface area contributed by atoms with Gasteiger partial charge in [0.1, 0.15) is 6.04 Å². The first-order chi connectivity index (χ1) is 14.2. The Hall–Kier alpha value is -2.71. The average molecular weight is 433 g/mol. The Balaban J connectivity index is 1.75. The van der Waals surface area contributed by atoms with Gasteiger partial charge < -0.3 is 10.1 Å². The molecular weight excluding hydrogens is 404 g/mol. The van der Waals surface area contributed by atoms with Crippen LogP contribution in [0.25, 0.3) is 0 Å². The molecule has 0 spiro atoms. The Bertz CT molecular complexity index is 943. The van der Waals surface area contributed by atoms with Gasteiger partial charge in [-0.2, -0.15) is 4.72 Å². The number of carbonyl (C=O) groups excluding carboxylic acids is 2. The van der Waals surface area contributed by atoms with Gasteiger partial charge in [0.05, 0.1) is 4.90 Å². The molecule has 1 amide bonds. The van der Waals surface area contributed by atoms with Gasteiger partial charge in [-0.25, -0.2) is 8.42 Å². The van der Waals surface area contributed by atoms with Crippen molar-refractivity contribution >= 4 is 21.9 Å². The molecule has 0 aliphatic rings. The molecule has 162 valence electrons. The molecule has 0 aliphatic carbocycles. The van der Waals surface area contributed by atoms with Crippen LogP contribution in [0.4, 0.5) is 0 Å². The van der Waals surface area contributed by atoms with Gasteiger partial charge in [-0.3, -0.25) is 9.59 Å². The maximum absolute atomic E-state index is 12.3. The van der Waals surface area contributed by atoms with E-state index in [1.807, 2.05) is 44.2 Å². The Morgan fingerprint density at radius 2 is 1.63 bits per heavy atom. The number of sulfonamides is 1. The van der Waals surface area contributed by atoms with Gasteiger partial charge in [0.15, 0.2) is 6.61 Å². The second-order valence-corrected chi connectivity index (χ2v) is 8.97. The van der Waals surface area contributed by atoms with E-state index < -0.39 is 34.5 Å². The van der Waals surface area contributed by atoms with Crippen molar-refractivity contribution in [1.82, 2.24) is 10.0 Å². The smallest absolute Gasteiger partial charge is 0.324 e. The molecule has 30 heavy (non-hydrogen) atoms. The van der Waals surface area contributed by atoms with Crippen molar-refractivity contribution in [3.05, 3.63) is 65.7 Å². The van der Waals surface area contributed by atoms with Gasteiger partial charge in [-0.05, 0) is 51.3 Å². The number of amides is 1. The molecule has 0 aliphatic heterocycles. The van der Waals surface area contributed by atoms with Crippen LogP contribution in [0, 0.1) is 6.92 Å². The van der Waals surface area contributed by atoms with Crippen LogP contribution in [0.1, 0.15) is 31.4 Å². The molecule has 0 saturated carbocycles. The Morgan fingerprint density at radius 1 is 1.00 bits per heavy atom. The topological polar surface area (TPSA) is 102 Å². The van der Waals surface area contributed by atoms with Crippen molar-refractivity contribution in [3.63, 3.8) is 0 Å². The Labute approximate surface area is 177 Å². The minimum absolute atomic E-state index is 0.0535. The summed E-state index contributed by atoms with van der Waals surface area (Å²) in [5.74, 6) is -1.25. The summed E-state index contributed by atoms with van der Waals surface area (Å²) < 4.78 is 31.9. The predicted octanol–water partition coefficient (Wildman–Crippen LogP) is 2.34. The van der Waals surface area contributed by atoms with Gasteiger partial charge in [0.2, 0.25) is 10.0 Å². The fourth-order valence-corrected chi connectivity index (χ4v) is 3.94. The summed E-state index contributed by atoms with van der Waals surface area (Å²) >= 11 is 0. The van der Waals surface area contributed by atoms with Crippen molar-refractivity contribution in [2.45, 2.75) is 50.6 Å². The van der Waals surface area contributed by atoms with Crippen molar-refractivity contribution in [3.8, 4) is 0 Å². The lowest BCUT2D eigenvalue weighted by Gasteiger charge is -2.16. The molecule has 1 unspecified atom stereocenters. The number of aryl methyl sites for hydroxylation is 2. The lowest BCUT2D eigenvalue weighted by atomic mass is 10.1. The zero-order valence-corrected chi connectivity index (χ0v) is 18.2. The van der Waals surface area contributed by atoms with E-state index in [1.54, 1.807) is 12.1 Å². The molecule has 2 rings (SSSR count). The number of rotatable bonds is 10. The second kappa shape index (κ2) is 10.9. The molecule has 2 atom stereocenters. The normalized spacial score (nSPS) is 13.3. The number of esters is 1. The van der Waals surface area contributed by atoms with E-state index in [1.165, 1.54) is 24.6 Å². The largest absolute Gasteiger partial charge is 0.454 e. The molecule has 0 heterocycles. The minimum Gasteiger partial charge on any atom is -0.454 e. The highest BCUT2D eigenvalue weighted by Crippen LogP contribution is 2.11. The van der Waals surface area contributed by atoms with Gasteiger partial charge in [0, 0.05) is 6.04 Å². The van der Waals surface area contributed by atoms with Crippen molar-refractivity contribution in [1.29, 1.82) is 0 Å². The highest BCUT2D eigenvalue weighted by atomic mass is 32.2. The van der Waals surface area contributed by atoms with Crippen LogP contribution in [0.3, 0.4) is 0 Å². The van der Waals surface area contributed by atoms with E-state index in [0.29, 0.717) is 0 Å². The fourth-order valence-electron chi connectivity index (χ4n) is 2.74. The third kappa shape index (κ3) is 7.61. The SMILES string of the molecule is Cc1ccc(S(=O)(=O)N[C@@H](C)C(=O)OCC(=O)NC(C)CCc2ccccc2)cc1. The van der Waals surface area contributed by atoms with Crippen molar-refractivity contribution in [2.75, 3.05) is 6.61 Å². The van der Waals surface area contributed by atoms with Crippen molar-refractivity contribution < 1.29 is 22.7 Å². The molecular formula is C22H28N2O5S. The molecule has 2 aromatic rings. The van der Waals surface area contributed by atoms with E-state index in [4.69, 9.17) is 4.74 Å². The van der Waals surface area contributed by atoms with Gasteiger partial charge in [-0.1, -0.05) is 48.0 Å². The average Bonchev–Trinajstić information content (AvgIpc) is 2.71. The zero-order chi connectivity index (χ0) is 22.1. The van der Waals surface area contributed by atoms with Crippen LogP contribution >= 0.6 is 0 Å². The van der Waals surface area contributed by atoms with E-state index in [-0.39, 0.29) is 10.9 Å². The van der Waals surface area contributed by atoms with Gasteiger partial charge >= 0.3 is 5.97 Å². The summed E-state index contributed by atoms with van der Waals surface area (Å²) in [6.45, 7) is 4.62. The highest BCUT2D eigenvalue weighted by molar-refractivity contribution is 7.89. The molecule has 0 saturated heterocycles. The third-order valence-electron chi connectivity index (χ3n) is 4.48. The number of hydrogen-bond donors (Lipinski definition) is 2. The number of ether oxygens (including phenoxy) is 1. The summed E-state index contributed by atoms with van der Waals surface area (Å²) in [6, 6.07) is 15.0. The first-order valence-corrected chi connectivity index (χ1v) is 11.2. The predicted molar refractivity (Wildman–Crippen MR) is 114 cm³/mol. The third-order valence-corrected chi connectivity index (χ3v) is 6.04. The van der Waals surface area contributed by atoms with Crippen LogP contribution in [0.2, 0.25) is 0 Å². The first-order valence-electron chi connectivity index (χ1n) is 9.76. The lowest BCUT2D eigenvalue weighted by Crippen LogP contribution is -2.41. The van der Waals surface area contributed by atoms with E-state index in [9.17, 15) is 18.0 Å². The van der Waals surface area contributed by atoms with Crippen LogP contribution < -0.4 is 10.0 Å². The summed E-state index contributed by atoms with van der Waals surface area (Å²) in [5, 5.41) is 2.77. The van der Waals surface area contributed by atoms with E-state index in [0.717, 1.165) is 18.4 Å². The minimum atomic E-state index is -3.86. The van der Waals surface area contributed by atoms with Crippen LogP contribution in [-0.4, -0.2) is 39.0 Å². The molecule has 0 fully saturated rings. The number of benzene rings is 2. The summed E-state index contributed by atoms with van der Waals surface area (Å²) in [7, 11) is -3.86. The molecule has 2 aromatic carbocycles. The van der Waals surface area contributed by atoms with Crippen LogP contribution in [0.5, 0.6) is 0 Å². The number of hydrogen-bond acceptors (Lipinski definition) is 5. The number of carbonyl (C=O) groups is 2. The lowest BCUT2D eigenvalue weighted by molar-refractivity contribution is -0.149. The van der Waals surface area contributed by atoms with Crippen LogP contribution in [0.15, 0.2) is 59.5 Å². The molecule has 8 heteroatoms. The fraction of sp³-hybridized carbons (Fsp3) is 0.364.